The maximum atomic E-state index is 12.5. The van der Waals surface area contributed by atoms with E-state index in [1.165, 1.54) is 5.56 Å². The minimum Gasteiger partial charge on any atom is -0.483 e. The molecule has 1 heterocycles. The quantitative estimate of drug-likeness (QED) is 0.943. The Kier molecular flexibility index (Phi) is 4.39. The summed E-state index contributed by atoms with van der Waals surface area (Å²) in [6.45, 7) is 1.18. The molecule has 114 valence electrons. The van der Waals surface area contributed by atoms with Gasteiger partial charge in [-0.15, -0.1) is 0 Å². The Bertz CT molecular complexity index is 670. The molecule has 0 saturated carbocycles. The molecule has 0 aliphatic carbocycles. The van der Waals surface area contributed by atoms with Crippen LogP contribution in [0.4, 0.5) is 5.69 Å². The molecule has 0 atom stereocenters. The average Bonchev–Trinajstić information content (AvgIpc) is 2.59. The number of anilines is 1. The van der Waals surface area contributed by atoms with Gasteiger partial charge in [0.25, 0.3) is 5.91 Å². The number of hydrogen-bond acceptors (Lipinski definition) is 3. The monoisotopic (exact) mass is 296 g/mol. The number of fused-ring (bicyclic) bond motifs is 1. The highest BCUT2D eigenvalue weighted by Gasteiger charge is 2.22. The van der Waals surface area contributed by atoms with Crippen LogP contribution in [0.1, 0.15) is 17.5 Å². The predicted octanol–water partition coefficient (Wildman–Crippen LogP) is 2.50. The molecule has 2 N–H and O–H groups in total. The number of carbonyl (C=O) groups is 1. The van der Waals surface area contributed by atoms with Crippen molar-refractivity contribution in [1.82, 2.24) is 0 Å². The number of rotatable bonds is 4. The van der Waals surface area contributed by atoms with E-state index in [9.17, 15) is 4.79 Å². The molecule has 3 rings (SSSR count). The first kappa shape index (κ1) is 14.6. The number of carbonyl (C=O) groups excluding carboxylic acids is 1. The number of amides is 1. The van der Waals surface area contributed by atoms with E-state index < -0.39 is 0 Å². The fourth-order valence-corrected chi connectivity index (χ4v) is 2.82. The third-order valence-electron chi connectivity index (χ3n) is 3.95. The SMILES string of the molecule is NCc1ccccc1OCC(=O)N1CCCc2ccccc21. The molecule has 4 heteroatoms. The fourth-order valence-electron chi connectivity index (χ4n) is 2.82. The first-order chi connectivity index (χ1) is 10.8. The summed E-state index contributed by atoms with van der Waals surface area (Å²) in [7, 11) is 0. The molecule has 0 saturated heterocycles. The van der Waals surface area contributed by atoms with E-state index in [-0.39, 0.29) is 12.5 Å². The first-order valence-electron chi connectivity index (χ1n) is 7.58. The number of aryl methyl sites for hydroxylation is 1. The summed E-state index contributed by atoms with van der Waals surface area (Å²) in [5.74, 6) is 0.669. The molecular weight excluding hydrogens is 276 g/mol. The molecule has 1 amide bonds. The lowest BCUT2D eigenvalue weighted by molar-refractivity contribution is -0.120. The molecule has 0 aromatic heterocycles. The van der Waals surface area contributed by atoms with Crippen molar-refractivity contribution >= 4 is 11.6 Å². The van der Waals surface area contributed by atoms with Gasteiger partial charge >= 0.3 is 0 Å². The maximum Gasteiger partial charge on any atom is 0.264 e. The summed E-state index contributed by atoms with van der Waals surface area (Å²) < 4.78 is 5.69. The topological polar surface area (TPSA) is 55.6 Å². The number of benzene rings is 2. The van der Waals surface area contributed by atoms with Gasteiger partial charge in [-0.2, -0.15) is 0 Å². The van der Waals surface area contributed by atoms with Crippen molar-refractivity contribution in [3.05, 3.63) is 59.7 Å². The molecule has 0 bridgehead atoms. The number of para-hydroxylation sites is 2. The van der Waals surface area contributed by atoms with E-state index in [1.54, 1.807) is 0 Å². The summed E-state index contributed by atoms with van der Waals surface area (Å²) >= 11 is 0. The summed E-state index contributed by atoms with van der Waals surface area (Å²) in [6.07, 6.45) is 2.01. The highest BCUT2D eigenvalue weighted by Crippen LogP contribution is 2.27. The average molecular weight is 296 g/mol. The molecule has 4 nitrogen and oxygen atoms in total. The van der Waals surface area contributed by atoms with Crippen LogP contribution < -0.4 is 15.4 Å². The molecule has 0 spiro atoms. The molecule has 22 heavy (non-hydrogen) atoms. The van der Waals surface area contributed by atoms with Gasteiger partial charge in [0.1, 0.15) is 5.75 Å². The van der Waals surface area contributed by atoms with E-state index in [0.717, 1.165) is 30.6 Å². The Labute approximate surface area is 130 Å². The van der Waals surface area contributed by atoms with Gasteiger partial charge in [-0.1, -0.05) is 36.4 Å². The summed E-state index contributed by atoms with van der Waals surface area (Å²) in [5.41, 5.74) is 8.83. The Hall–Kier alpha value is -2.33. The second-order valence-corrected chi connectivity index (χ2v) is 5.38. The minimum atomic E-state index is -0.0148. The fraction of sp³-hybridized carbons (Fsp3) is 0.278. The van der Waals surface area contributed by atoms with Gasteiger partial charge < -0.3 is 15.4 Å². The Morgan fingerprint density at radius 3 is 2.77 bits per heavy atom. The van der Waals surface area contributed by atoms with Crippen LogP contribution in [0.15, 0.2) is 48.5 Å². The van der Waals surface area contributed by atoms with Crippen molar-refractivity contribution in [2.75, 3.05) is 18.1 Å². The van der Waals surface area contributed by atoms with Crippen LogP contribution in [0.5, 0.6) is 5.75 Å². The van der Waals surface area contributed by atoms with E-state index in [0.29, 0.717) is 12.3 Å². The molecule has 0 radical (unpaired) electrons. The molecule has 1 aliphatic rings. The maximum absolute atomic E-state index is 12.5. The molecule has 0 unspecified atom stereocenters. The zero-order valence-corrected chi connectivity index (χ0v) is 12.5. The van der Waals surface area contributed by atoms with Gasteiger partial charge in [0, 0.05) is 24.3 Å². The lowest BCUT2D eigenvalue weighted by Gasteiger charge is -2.29. The standard InChI is InChI=1S/C18H20N2O2/c19-12-15-7-2-4-10-17(15)22-13-18(21)20-11-5-8-14-6-1-3-9-16(14)20/h1-4,6-7,9-10H,5,8,11-13,19H2. The molecule has 1 aliphatic heterocycles. The number of nitrogens with zero attached hydrogens (tertiary/aromatic N) is 1. The third-order valence-corrected chi connectivity index (χ3v) is 3.95. The molecule has 2 aromatic rings. The lowest BCUT2D eigenvalue weighted by Crippen LogP contribution is -2.38. The van der Waals surface area contributed by atoms with Crippen LogP contribution in [-0.2, 0) is 17.8 Å². The van der Waals surface area contributed by atoms with Gasteiger partial charge in [-0.25, -0.2) is 0 Å². The van der Waals surface area contributed by atoms with Crippen LogP contribution in [0.25, 0.3) is 0 Å². The minimum absolute atomic E-state index is 0.0148. The molecular formula is C18H20N2O2. The summed E-state index contributed by atoms with van der Waals surface area (Å²) in [5, 5.41) is 0. The Balaban J connectivity index is 1.71. The van der Waals surface area contributed by atoms with Gasteiger partial charge in [0.2, 0.25) is 0 Å². The van der Waals surface area contributed by atoms with E-state index in [2.05, 4.69) is 6.07 Å². The van der Waals surface area contributed by atoms with Crippen molar-refractivity contribution in [2.45, 2.75) is 19.4 Å². The highest BCUT2D eigenvalue weighted by atomic mass is 16.5. The lowest BCUT2D eigenvalue weighted by atomic mass is 10.0. The van der Waals surface area contributed by atoms with Crippen molar-refractivity contribution < 1.29 is 9.53 Å². The largest absolute Gasteiger partial charge is 0.483 e. The smallest absolute Gasteiger partial charge is 0.264 e. The van der Waals surface area contributed by atoms with Crippen LogP contribution in [0, 0.1) is 0 Å². The predicted molar refractivity (Wildman–Crippen MR) is 86.9 cm³/mol. The normalized spacial score (nSPS) is 13.6. The number of ether oxygens (including phenoxy) is 1. The zero-order chi connectivity index (χ0) is 15.4. The van der Waals surface area contributed by atoms with Crippen LogP contribution in [-0.4, -0.2) is 19.1 Å². The number of nitrogens with two attached hydrogens (primary N) is 1. The first-order valence-corrected chi connectivity index (χ1v) is 7.58. The van der Waals surface area contributed by atoms with Gasteiger partial charge in [-0.05, 0) is 30.5 Å². The van der Waals surface area contributed by atoms with E-state index in [1.807, 2.05) is 47.4 Å². The van der Waals surface area contributed by atoms with E-state index in [4.69, 9.17) is 10.5 Å². The van der Waals surface area contributed by atoms with Gasteiger partial charge in [0.05, 0.1) is 0 Å². The van der Waals surface area contributed by atoms with Crippen LogP contribution in [0.2, 0.25) is 0 Å². The van der Waals surface area contributed by atoms with Crippen LogP contribution in [0.3, 0.4) is 0 Å². The van der Waals surface area contributed by atoms with Gasteiger partial charge in [-0.3, -0.25) is 4.79 Å². The summed E-state index contributed by atoms with van der Waals surface area (Å²) in [6, 6.07) is 15.6. The van der Waals surface area contributed by atoms with Gasteiger partial charge in [0.15, 0.2) is 6.61 Å². The second-order valence-electron chi connectivity index (χ2n) is 5.38. The van der Waals surface area contributed by atoms with Crippen LogP contribution >= 0.6 is 0 Å². The Morgan fingerprint density at radius 1 is 1.14 bits per heavy atom. The van der Waals surface area contributed by atoms with Crippen molar-refractivity contribution in [3.8, 4) is 5.75 Å². The van der Waals surface area contributed by atoms with Crippen molar-refractivity contribution in [3.63, 3.8) is 0 Å². The van der Waals surface area contributed by atoms with E-state index >= 15 is 0 Å². The van der Waals surface area contributed by atoms with Crippen molar-refractivity contribution in [1.29, 1.82) is 0 Å². The third kappa shape index (κ3) is 2.97. The second kappa shape index (κ2) is 6.62. The summed E-state index contributed by atoms with van der Waals surface area (Å²) in [4.78, 5) is 14.3. The highest BCUT2D eigenvalue weighted by molar-refractivity contribution is 5.95. The Morgan fingerprint density at radius 2 is 1.91 bits per heavy atom. The zero-order valence-electron chi connectivity index (χ0n) is 12.5. The molecule has 0 fully saturated rings. The van der Waals surface area contributed by atoms with Crippen molar-refractivity contribution in [2.24, 2.45) is 5.73 Å². The molecule has 2 aromatic carbocycles. The number of hydrogen-bond donors (Lipinski definition) is 1.